The zero-order chi connectivity index (χ0) is 11.5. The Kier molecular flexibility index (Phi) is 2.89. The minimum Gasteiger partial charge on any atom is -0.498 e. The van der Waals surface area contributed by atoms with Crippen molar-refractivity contribution in [2.24, 2.45) is 0 Å². The Balaban J connectivity index is 2.17. The summed E-state index contributed by atoms with van der Waals surface area (Å²) < 4.78 is 18.4. The van der Waals surface area contributed by atoms with Crippen LogP contribution in [-0.4, -0.2) is 30.2 Å². The van der Waals surface area contributed by atoms with Crippen LogP contribution in [0.3, 0.4) is 0 Å². The zero-order valence-corrected chi connectivity index (χ0v) is 8.98. The van der Waals surface area contributed by atoms with Gasteiger partial charge in [0.1, 0.15) is 11.6 Å². The number of aromatic nitrogens is 2. The molecule has 2 N–H and O–H groups in total. The molecule has 2 heterocycles. The van der Waals surface area contributed by atoms with Gasteiger partial charge in [-0.2, -0.15) is 4.98 Å². The molecule has 86 valence electrons. The van der Waals surface area contributed by atoms with Crippen LogP contribution in [0.5, 0.6) is 0 Å². The maximum atomic E-state index is 13.5. The molecule has 16 heavy (non-hydrogen) atoms. The number of anilines is 2. The molecule has 0 bridgehead atoms. The van der Waals surface area contributed by atoms with Crippen LogP contribution in [0, 0.1) is 0 Å². The molecule has 0 atom stereocenters. The predicted molar refractivity (Wildman–Crippen MR) is 58.4 cm³/mol. The lowest BCUT2D eigenvalue weighted by atomic mass is 10.2. The molecule has 6 heteroatoms. The molecule has 0 unspecified atom stereocenters. The molecule has 2 rings (SSSR count). The van der Waals surface area contributed by atoms with E-state index < -0.39 is 0 Å². The fourth-order valence-corrected chi connectivity index (χ4v) is 1.60. The molecule has 1 aromatic rings. The molecule has 0 amide bonds. The lowest BCUT2D eigenvalue weighted by molar-refractivity contribution is 0.253. The lowest BCUT2D eigenvalue weighted by Crippen LogP contribution is -2.32. The first kappa shape index (κ1) is 10.7. The fourth-order valence-electron chi connectivity index (χ4n) is 1.60. The van der Waals surface area contributed by atoms with Crippen molar-refractivity contribution in [3.63, 3.8) is 0 Å². The van der Waals surface area contributed by atoms with Gasteiger partial charge in [0.15, 0.2) is 5.83 Å². The number of nitrogen functional groups attached to an aromatic ring is 1. The standard InChI is InChI=1S/C10H13FN4O/c1-16-8-3-5-15(6-7(8)11)10-13-4-2-9(12)14-10/h2,4H,3,5-6H2,1H3,(H2,12,13,14). The molecule has 0 aliphatic carbocycles. The van der Waals surface area contributed by atoms with Crippen molar-refractivity contribution >= 4 is 11.8 Å². The molecule has 0 spiro atoms. The summed E-state index contributed by atoms with van der Waals surface area (Å²) in [5.41, 5.74) is 5.55. The van der Waals surface area contributed by atoms with E-state index in [-0.39, 0.29) is 12.4 Å². The molecule has 0 aromatic carbocycles. The summed E-state index contributed by atoms with van der Waals surface area (Å²) >= 11 is 0. The van der Waals surface area contributed by atoms with Crippen molar-refractivity contribution in [3.8, 4) is 0 Å². The average Bonchev–Trinajstić information content (AvgIpc) is 2.29. The van der Waals surface area contributed by atoms with E-state index in [9.17, 15) is 4.39 Å². The molecular formula is C10H13FN4O. The number of ether oxygens (including phenoxy) is 1. The Morgan fingerprint density at radius 2 is 2.38 bits per heavy atom. The summed E-state index contributed by atoms with van der Waals surface area (Å²) in [7, 11) is 1.47. The molecule has 1 aromatic heterocycles. The Morgan fingerprint density at radius 1 is 1.56 bits per heavy atom. The van der Waals surface area contributed by atoms with Crippen molar-refractivity contribution in [2.75, 3.05) is 30.8 Å². The van der Waals surface area contributed by atoms with Gasteiger partial charge in [0.2, 0.25) is 5.95 Å². The van der Waals surface area contributed by atoms with E-state index in [0.717, 1.165) is 0 Å². The Labute approximate surface area is 92.7 Å². The number of halogens is 1. The van der Waals surface area contributed by atoms with Crippen molar-refractivity contribution in [1.29, 1.82) is 0 Å². The molecule has 5 nitrogen and oxygen atoms in total. The van der Waals surface area contributed by atoms with Gasteiger partial charge in [-0.15, -0.1) is 0 Å². The largest absolute Gasteiger partial charge is 0.498 e. The molecule has 0 fully saturated rings. The second-order valence-corrected chi connectivity index (χ2v) is 3.49. The monoisotopic (exact) mass is 224 g/mol. The van der Waals surface area contributed by atoms with Crippen LogP contribution in [0.4, 0.5) is 16.2 Å². The third-order valence-electron chi connectivity index (χ3n) is 2.43. The summed E-state index contributed by atoms with van der Waals surface area (Å²) in [5.74, 6) is 0.956. The Bertz CT molecular complexity index is 421. The highest BCUT2D eigenvalue weighted by Gasteiger charge is 2.21. The average molecular weight is 224 g/mol. The van der Waals surface area contributed by atoms with Gasteiger partial charge < -0.3 is 15.4 Å². The van der Waals surface area contributed by atoms with Gasteiger partial charge in [-0.3, -0.25) is 0 Å². The van der Waals surface area contributed by atoms with Crippen LogP contribution < -0.4 is 10.6 Å². The number of hydrogen-bond donors (Lipinski definition) is 1. The highest BCUT2D eigenvalue weighted by atomic mass is 19.1. The molecule has 0 saturated carbocycles. The predicted octanol–water partition coefficient (Wildman–Crippen LogP) is 1.10. The minimum atomic E-state index is -0.278. The quantitative estimate of drug-likeness (QED) is 0.814. The summed E-state index contributed by atoms with van der Waals surface area (Å²) in [6.45, 7) is 0.757. The maximum Gasteiger partial charge on any atom is 0.227 e. The van der Waals surface area contributed by atoms with Crippen LogP contribution in [0.2, 0.25) is 0 Å². The number of rotatable bonds is 2. The van der Waals surface area contributed by atoms with Gasteiger partial charge in [0.25, 0.3) is 0 Å². The summed E-state index contributed by atoms with van der Waals surface area (Å²) in [4.78, 5) is 9.83. The second-order valence-electron chi connectivity index (χ2n) is 3.49. The first-order valence-electron chi connectivity index (χ1n) is 4.95. The van der Waals surface area contributed by atoms with Crippen molar-refractivity contribution < 1.29 is 9.13 Å². The lowest BCUT2D eigenvalue weighted by Gasteiger charge is -2.26. The third kappa shape index (κ3) is 2.05. The Hall–Kier alpha value is -1.85. The van der Waals surface area contributed by atoms with Gasteiger partial charge in [0, 0.05) is 19.2 Å². The normalized spacial score (nSPS) is 16.5. The molecular weight excluding hydrogens is 211 g/mol. The van der Waals surface area contributed by atoms with E-state index >= 15 is 0 Å². The van der Waals surface area contributed by atoms with E-state index in [0.29, 0.717) is 30.5 Å². The van der Waals surface area contributed by atoms with Crippen molar-refractivity contribution in [1.82, 2.24) is 9.97 Å². The smallest absolute Gasteiger partial charge is 0.227 e. The van der Waals surface area contributed by atoms with E-state index in [4.69, 9.17) is 10.5 Å². The first-order valence-corrected chi connectivity index (χ1v) is 4.95. The summed E-state index contributed by atoms with van der Waals surface area (Å²) in [6, 6.07) is 1.60. The van der Waals surface area contributed by atoms with Gasteiger partial charge in [-0.1, -0.05) is 0 Å². The van der Waals surface area contributed by atoms with Crippen LogP contribution >= 0.6 is 0 Å². The first-order chi connectivity index (χ1) is 7.70. The van der Waals surface area contributed by atoms with Crippen LogP contribution in [0.15, 0.2) is 23.8 Å². The van der Waals surface area contributed by atoms with Gasteiger partial charge in [-0.25, -0.2) is 9.37 Å². The highest BCUT2D eigenvalue weighted by Crippen LogP contribution is 2.22. The van der Waals surface area contributed by atoms with E-state index in [2.05, 4.69) is 9.97 Å². The van der Waals surface area contributed by atoms with Gasteiger partial charge >= 0.3 is 0 Å². The van der Waals surface area contributed by atoms with Gasteiger partial charge in [-0.05, 0) is 6.07 Å². The fraction of sp³-hybridized carbons (Fsp3) is 0.400. The van der Waals surface area contributed by atoms with Gasteiger partial charge in [0.05, 0.1) is 13.7 Å². The van der Waals surface area contributed by atoms with Crippen LogP contribution in [0.25, 0.3) is 0 Å². The van der Waals surface area contributed by atoms with Crippen LogP contribution in [0.1, 0.15) is 6.42 Å². The Morgan fingerprint density at radius 3 is 3.00 bits per heavy atom. The van der Waals surface area contributed by atoms with Crippen molar-refractivity contribution in [3.05, 3.63) is 23.8 Å². The number of hydrogen-bond acceptors (Lipinski definition) is 5. The maximum absolute atomic E-state index is 13.5. The SMILES string of the molecule is COC1=C(F)CN(c2nccc(N)n2)CC1. The molecule has 1 aliphatic rings. The third-order valence-corrected chi connectivity index (χ3v) is 2.43. The van der Waals surface area contributed by atoms with E-state index in [1.807, 2.05) is 0 Å². The van der Waals surface area contributed by atoms with E-state index in [1.54, 1.807) is 17.2 Å². The van der Waals surface area contributed by atoms with E-state index in [1.165, 1.54) is 7.11 Å². The number of methoxy groups -OCH3 is 1. The molecule has 0 radical (unpaired) electrons. The number of nitrogens with zero attached hydrogens (tertiary/aromatic N) is 3. The highest BCUT2D eigenvalue weighted by molar-refractivity contribution is 5.40. The molecule has 1 aliphatic heterocycles. The minimum absolute atomic E-state index is 0.132. The second kappa shape index (κ2) is 4.34. The topological polar surface area (TPSA) is 64.3 Å². The molecule has 0 saturated heterocycles. The summed E-state index contributed by atoms with van der Waals surface area (Å²) in [5, 5.41) is 0. The van der Waals surface area contributed by atoms with Crippen LogP contribution in [-0.2, 0) is 4.74 Å². The zero-order valence-electron chi connectivity index (χ0n) is 8.98. The number of nitrogens with two attached hydrogens (primary N) is 1. The van der Waals surface area contributed by atoms with Crippen molar-refractivity contribution in [2.45, 2.75) is 6.42 Å². The summed E-state index contributed by atoms with van der Waals surface area (Å²) in [6.07, 6.45) is 2.08.